The van der Waals surface area contributed by atoms with E-state index in [1.807, 2.05) is 0 Å². The summed E-state index contributed by atoms with van der Waals surface area (Å²) in [6, 6.07) is 11.7. The van der Waals surface area contributed by atoms with E-state index in [0.717, 1.165) is 30.2 Å². The van der Waals surface area contributed by atoms with Gasteiger partial charge in [0.05, 0.1) is 0 Å². The molecule has 0 radical (unpaired) electrons. The summed E-state index contributed by atoms with van der Waals surface area (Å²) >= 11 is 0. The molecule has 0 saturated heterocycles. The van der Waals surface area contributed by atoms with Crippen LogP contribution in [0.1, 0.15) is 45.6 Å². The minimum atomic E-state index is 0.681. The van der Waals surface area contributed by atoms with Gasteiger partial charge in [0.2, 0.25) is 0 Å². The Kier molecular flexibility index (Phi) is 4.45. The molecule has 0 spiro atoms. The molecule has 1 aromatic carbocycles. The van der Waals surface area contributed by atoms with Gasteiger partial charge in [-0.1, -0.05) is 58.0 Å². The van der Waals surface area contributed by atoms with Crippen molar-refractivity contribution in [2.75, 3.05) is 6.54 Å². The Balaban J connectivity index is 2.02. The molecule has 0 aliphatic heterocycles. The Morgan fingerprint density at radius 3 is 2.39 bits per heavy atom. The van der Waals surface area contributed by atoms with E-state index in [1.165, 1.54) is 12.0 Å². The summed E-state index contributed by atoms with van der Waals surface area (Å²) in [5, 5.41) is 3.73. The lowest BCUT2D eigenvalue weighted by atomic mass is 9.86. The first-order valence-electron chi connectivity index (χ1n) is 7.43. The van der Waals surface area contributed by atoms with Gasteiger partial charge >= 0.3 is 0 Å². The quantitative estimate of drug-likeness (QED) is 0.797. The molecule has 2 rings (SSSR count). The maximum atomic E-state index is 3.73. The molecule has 0 aromatic heterocycles. The monoisotopic (exact) mass is 245 g/mol. The lowest BCUT2D eigenvalue weighted by molar-refractivity contribution is 0.274. The largest absolute Gasteiger partial charge is 0.314 e. The second-order valence-electron chi connectivity index (χ2n) is 6.10. The number of benzene rings is 1. The van der Waals surface area contributed by atoms with Gasteiger partial charge < -0.3 is 5.32 Å². The van der Waals surface area contributed by atoms with E-state index in [-0.39, 0.29) is 0 Å². The van der Waals surface area contributed by atoms with Crippen LogP contribution in [0.5, 0.6) is 0 Å². The predicted molar refractivity (Wildman–Crippen MR) is 78.8 cm³/mol. The van der Waals surface area contributed by atoms with E-state index >= 15 is 0 Å². The highest BCUT2D eigenvalue weighted by molar-refractivity contribution is 5.26. The highest BCUT2D eigenvalue weighted by Crippen LogP contribution is 2.51. The average molecular weight is 245 g/mol. The molecule has 1 nitrogen and oxygen atoms in total. The van der Waals surface area contributed by atoms with Crippen LogP contribution in [0.3, 0.4) is 0 Å². The van der Waals surface area contributed by atoms with Gasteiger partial charge in [0.25, 0.3) is 0 Å². The van der Waals surface area contributed by atoms with Crippen LogP contribution in [0, 0.1) is 17.8 Å². The number of hydrogen-bond donors (Lipinski definition) is 1. The highest BCUT2D eigenvalue weighted by atomic mass is 14.9. The Morgan fingerprint density at radius 1 is 1.17 bits per heavy atom. The lowest BCUT2D eigenvalue weighted by Gasteiger charge is -2.28. The number of nitrogens with one attached hydrogen (secondary N) is 1. The first-order valence-corrected chi connectivity index (χ1v) is 7.43. The fourth-order valence-electron chi connectivity index (χ4n) is 3.07. The van der Waals surface area contributed by atoms with Crippen molar-refractivity contribution >= 4 is 0 Å². The van der Waals surface area contributed by atoms with Crippen LogP contribution in [-0.2, 0) is 0 Å². The summed E-state index contributed by atoms with van der Waals surface area (Å²) in [7, 11) is 0. The summed E-state index contributed by atoms with van der Waals surface area (Å²) in [4.78, 5) is 0. The Bertz CT molecular complexity index is 357. The molecule has 1 saturated carbocycles. The summed E-state index contributed by atoms with van der Waals surface area (Å²) in [5.74, 6) is 3.14. The third kappa shape index (κ3) is 2.95. The maximum Gasteiger partial charge on any atom is 0.0129 e. The Morgan fingerprint density at radius 2 is 1.83 bits per heavy atom. The van der Waals surface area contributed by atoms with E-state index in [9.17, 15) is 0 Å². The molecule has 100 valence electrons. The van der Waals surface area contributed by atoms with Crippen molar-refractivity contribution in [1.82, 2.24) is 5.32 Å². The lowest BCUT2D eigenvalue weighted by Crippen LogP contribution is -2.39. The standard InChI is InChI=1S/C17H27N/c1-5-18-17(13(4)12(2)3)16-11-15(16)14-9-7-6-8-10-14/h6-10,12-13,15-18H,5,11H2,1-4H3. The smallest absolute Gasteiger partial charge is 0.0129 e. The molecule has 1 fully saturated rings. The van der Waals surface area contributed by atoms with E-state index in [4.69, 9.17) is 0 Å². The van der Waals surface area contributed by atoms with Crippen molar-refractivity contribution in [2.45, 2.75) is 46.1 Å². The van der Waals surface area contributed by atoms with Crippen LogP contribution in [0.4, 0.5) is 0 Å². The number of hydrogen-bond acceptors (Lipinski definition) is 1. The van der Waals surface area contributed by atoms with E-state index < -0.39 is 0 Å². The zero-order chi connectivity index (χ0) is 13.1. The van der Waals surface area contributed by atoms with Crippen molar-refractivity contribution in [3.63, 3.8) is 0 Å². The maximum absolute atomic E-state index is 3.73. The zero-order valence-corrected chi connectivity index (χ0v) is 12.2. The molecule has 1 aliphatic rings. The van der Waals surface area contributed by atoms with Gasteiger partial charge in [0, 0.05) is 6.04 Å². The third-order valence-electron chi connectivity index (χ3n) is 4.59. The molecule has 18 heavy (non-hydrogen) atoms. The van der Waals surface area contributed by atoms with Gasteiger partial charge in [-0.15, -0.1) is 0 Å². The second-order valence-corrected chi connectivity index (χ2v) is 6.10. The van der Waals surface area contributed by atoms with E-state index in [2.05, 4.69) is 63.3 Å². The number of rotatable bonds is 6. The molecular formula is C17H27N. The normalized spacial score (nSPS) is 26.1. The van der Waals surface area contributed by atoms with E-state index in [0.29, 0.717) is 6.04 Å². The van der Waals surface area contributed by atoms with Gasteiger partial charge in [-0.05, 0) is 42.2 Å². The van der Waals surface area contributed by atoms with Crippen molar-refractivity contribution < 1.29 is 0 Å². The van der Waals surface area contributed by atoms with Gasteiger partial charge in [-0.25, -0.2) is 0 Å². The van der Waals surface area contributed by atoms with E-state index in [1.54, 1.807) is 0 Å². The fraction of sp³-hybridized carbons (Fsp3) is 0.647. The SMILES string of the molecule is CCNC(C(C)C(C)C)C1CC1c1ccccc1. The van der Waals surface area contributed by atoms with Crippen molar-refractivity contribution in [1.29, 1.82) is 0 Å². The van der Waals surface area contributed by atoms with Crippen molar-refractivity contribution in [3.8, 4) is 0 Å². The van der Waals surface area contributed by atoms with Crippen LogP contribution in [0.15, 0.2) is 30.3 Å². The second kappa shape index (κ2) is 5.88. The van der Waals surface area contributed by atoms with Gasteiger partial charge in [0.15, 0.2) is 0 Å². The zero-order valence-electron chi connectivity index (χ0n) is 12.2. The Hall–Kier alpha value is -0.820. The summed E-state index contributed by atoms with van der Waals surface area (Å²) in [6.45, 7) is 10.4. The molecule has 1 N–H and O–H groups in total. The van der Waals surface area contributed by atoms with Crippen LogP contribution in [0.2, 0.25) is 0 Å². The molecule has 1 aromatic rings. The fourth-order valence-corrected chi connectivity index (χ4v) is 3.07. The molecule has 4 unspecified atom stereocenters. The molecule has 0 bridgehead atoms. The summed E-state index contributed by atoms with van der Waals surface area (Å²) in [6.07, 6.45) is 1.36. The first-order chi connectivity index (χ1) is 8.65. The molecule has 1 aliphatic carbocycles. The van der Waals surface area contributed by atoms with Crippen molar-refractivity contribution in [2.24, 2.45) is 17.8 Å². The summed E-state index contributed by atoms with van der Waals surface area (Å²) in [5.41, 5.74) is 1.53. The summed E-state index contributed by atoms with van der Waals surface area (Å²) < 4.78 is 0. The third-order valence-corrected chi connectivity index (χ3v) is 4.59. The first kappa shape index (κ1) is 13.6. The van der Waals surface area contributed by atoms with Crippen LogP contribution in [-0.4, -0.2) is 12.6 Å². The molecule has 4 atom stereocenters. The highest BCUT2D eigenvalue weighted by Gasteiger charge is 2.45. The van der Waals surface area contributed by atoms with Crippen LogP contribution in [0.25, 0.3) is 0 Å². The minimum Gasteiger partial charge on any atom is -0.314 e. The van der Waals surface area contributed by atoms with Gasteiger partial charge in [-0.3, -0.25) is 0 Å². The van der Waals surface area contributed by atoms with Crippen molar-refractivity contribution in [3.05, 3.63) is 35.9 Å². The molecule has 1 heteroatoms. The Labute approximate surface area is 112 Å². The molecular weight excluding hydrogens is 218 g/mol. The molecule has 0 amide bonds. The molecule has 0 heterocycles. The minimum absolute atomic E-state index is 0.681. The van der Waals surface area contributed by atoms with Crippen LogP contribution < -0.4 is 5.32 Å². The van der Waals surface area contributed by atoms with Gasteiger partial charge in [0.1, 0.15) is 0 Å². The van der Waals surface area contributed by atoms with Crippen LogP contribution >= 0.6 is 0 Å². The topological polar surface area (TPSA) is 12.0 Å². The average Bonchev–Trinajstić information content (AvgIpc) is 3.16. The predicted octanol–water partition coefficient (Wildman–Crippen LogP) is 4.06. The van der Waals surface area contributed by atoms with Gasteiger partial charge in [-0.2, -0.15) is 0 Å².